The van der Waals surface area contributed by atoms with Gasteiger partial charge in [0, 0.05) is 6.21 Å². The molecule has 0 heterocycles. The van der Waals surface area contributed by atoms with E-state index in [4.69, 9.17) is 0 Å². The zero-order valence-electron chi connectivity index (χ0n) is 11.9. The lowest BCUT2D eigenvalue weighted by molar-refractivity contribution is -0.139. The van der Waals surface area contributed by atoms with E-state index in [-0.39, 0.29) is 0 Å². The number of hydrogen-bond donors (Lipinski definition) is 0. The van der Waals surface area contributed by atoms with Gasteiger partial charge in [-0.25, -0.2) is 9.18 Å². The van der Waals surface area contributed by atoms with Gasteiger partial charge in [-0.15, -0.1) is 0 Å². The van der Waals surface area contributed by atoms with Crippen molar-refractivity contribution in [2.45, 2.75) is 6.18 Å². The minimum atomic E-state index is -4.84. The molecule has 23 heavy (non-hydrogen) atoms. The van der Waals surface area contributed by atoms with Gasteiger partial charge < -0.3 is 4.74 Å². The van der Waals surface area contributed by atoms with Crippen LogP contribution < -0.4 is 0 Å². The van der Waals surface area contributed by atoms with Crippen molar-refractivity contribution in [2.24, 2.45) is 4.99 Å². The summed E-state index contributed by atoms with van der Waals surface area (Å²) in [5, 5.41) is 0. The number of rotatable bonds is 3. The third-order valence-electron chi connectivity index (χ3n) is 2.96. The van der Waals surface area contributed by atoms with E-state index in [0.717, 1.165) is 24.4 Å². The molecular formula is C16H11F4NO2. The third kappa shape index (κ3) is 3.94. The van der Waals surface area contributed by atoms with Crippen LogP contribution in [0.15, 0.2) is 47.5 Å². The Morgan fingerprint density at radius 3 is 2.35 bits per heavy atom. The molecule has 3 nitrogen and oxygen atoms in total. The molecule has 0 N–H and O–H groups in total. The van der Waals surface area contributed by atoms with E-state index >= 15 is 0 Å². The van der Waals surface area contributed by atoms with Crippen molar-refractivity contribution in [1.82, 2.24) is 0 Å². The second-order valence-electron chi connectivity index (χ2n) is 4.50. The lowest BCUT2D eigenvalue weighted by atomic mass is 10.1. The summed E-state index contributed by atoms with van der Waals surface area (Å²) in [7, 11) is 1.24. The molecule has 2 rings (SSSR count). The number of hydrogen-bond acceptors (Lipinski definition) is 3. The largest absolute Gasteiger partial charge is 0.465 e. The zero-order valence-corrected chi connectivity index (χ0v) is 11.9. The standard InChI is InChI=1S/C16H11F4NO2/c1-23-15(22)11-7-5-10(6-8-11)9-21-13-4-2-3-12(17)14(13)16(18,19)20/h2-9H,1H3/b21-9+. The van der Waals surface area contributed by atoms with E-state index in [0.29, 0.717) is 11.1 Å². The smallest absolute Gasteiger partial charge is 0.421 e. The first-order chi connectivity index (χ1) is 10.8. The van der Waals surface area contributed by atoms with Crippen molar-refractivity contribution in [3.05, 3.63) is 65.0 Å². The van der Waals surface area contributed by atoms with E-state index in [1.807, 2.05) is 0 Å². The summed E-state index contributed by atoms with van der Waals surface area (Å²) in [5.74, 6) is -1.91. The van der Waals surface area contributed by atoms with Crippen LogP contribution in [0.5, 0.6) is 0 Å². The molecule has 0 amide bonds. The van der Waals surface area contributed by atoms with Gasteiger partial charge in [0.2, 0.25) is 0 Å². The normalized spacial score (nSPS) is 11.7. The third-order valence-corrected chi connectivity index (χ3v) is 2.96. The van der Waals surface area contributed by atoms with E-state index < -0.39 is 29.2 Å². The first kappa shape index (κ1) is 16.7. The minimum Gasteiger partial charge on any atom is -0.465 e. The zero-order chi connectivity index (χ0) is 17.0. The average molecular weight is 325 g/mol. The van der Waals surface area contributed by atoms with Crippen LogP contribution in [-0.2, 0) is 10.9 Å². The van der Waals surface area contributed by atoms with E-state index in [2.05, 4.69) is 9.73 Å². The molecule has 0 bridgehead atoms. The summed E-state index contributed by atoms with van der Waals surface area (Å²) in [6.45, 7) is 0. The van der Waals surface area contributed by atoms with E-state index in [1.54, 1.807) is 0 Å². The highest BCUT2D eigenvalue weighted by atomic mass is 19.4. The number of halogens is 4. The maximum atomic E-state index is 13.4. The van der Waals surface area contributed by atoms with E-state index in [1.165, 1.54) is 31.4 Å². The van der Waals surface area contributed by atoms with Gasteiger partial charge >= 0.3 is 12.1 Å². The number of carbonyl (C=O) groups is 1. The molecule has 2 aromatic rings. The first-order valence-corrected chi connectivity index (χ1v) is 6.41. The van der Waals surface area contributed by atoms with Crippen molar-refractivity contribution >= 4 is 17.9 Å². The maximum absolute atomic E-state index is 13.4. The molecule has 0 aliphatic rings. The summed E-state index contributed by atoms with van der Waals surface area (Å²) < 4.78 is 56.5. The predicted octanol–water partition coefficient (Wildman–Crippen LogP) is 4.38. The molecule has 0 spiro atoms. The molecule has 0 fully saturated rings. The highest BCUT2D eigenvalue weighted by Gasteiger charge is 2.36. The maximum Gasteiger partial charge on any atom is 0.421 e. The Bertz CT molecular complexity index is 737. The molecule has 0 unspecified atom stereocenters. The number of alkyl halides is 3. The minimum absolute atomic E-state index is 0.298. The second kappa shape index (κ2) is 6.60. The van der Waals surface area contributed by atoms with Gasteiger partial charge in [0.25, 0.3) is 0 Å². The van der Waals surface area contributed by atoms with Gasteiger partial charge in [-0.05, 0) is 29.8 Å². The first-order valence-electron chi connectivity index (χ1n) is 6.41. The van der Waals surface area contributed by atoms with Crippen LogP contribution in [0.3, 0.4) is 0 Å². The summed E-state index contributed by atoms with van der Waals surface area (Å²) >= 11 is 0. The number of methoxy groups -OCH3 is 1. The average Bonchev–Trinajstić information content (AvgIpc) is 2.51. The number of carbonyl (C=O) groups excluding carboxylic acids is 1. The number of ether oxygens (including phenoxy) is 1. The van der Waals surface area contributed by atoms with Crippen LogP contribution in [0.4, 0.5) is 23.2 Å². The fourth-order valence-electron chi connectivity index (χ4n) is 1.87. The lowest BCUT2D eigenvalue weighted by Crippen LogP contribution is -2.08. The Morgan fingerprint density at radius 2 is 1.78 bits per heavy atom. The lowest BCUT2D eigenvalue weighted by Gasteiger charge is -2.10. The highest BCUT2D eigenvalue weighted by molar-refractivity contribution is 5.91. The Hall–Kier alpha value is -2.70. The Morgan fingerprint density at radius 1 is 1.13 bits per heavy atom. The van der Waals surface area contributed by atoms with Crippen molar-refractivity contribution in [3.63, 3.8) is 0 Å². The number of aliphatic imine (C=N–C) groups is 1. The van der Waals surface area contributed by atoms with Gasteiger partial charge in [0.15, 0.2) is 0 Å². The van der Waals surface area contributed by atoms with Gasteiger partial charge in [-0.1, -0.05) is 18.2 Å². The fourth-order valence-corrected chi connectivity index (χ4v) is 1.87. The quantitative estimate of drug-likeness (QED) is 0.477. The topological polar surface area (TPSA) is 38.7 Å². The SMILES string of the molecule is COC(=O)c1ccc(/C=N/c2cccc(F)c2C(F)(F)F)cc1. The molecule has 2 aromatic carbocycles. The molecule has 0 aliphatic heterocycles. The Balaban J connectivity index is 2.31. The monoisotopic (exact) mass is 325 g/mol. The number of benzene rings is 2. The summed E-state index contributed by atoms with van der Waals surface area (Å²) in [5.41, 5.74) is -1.18. The Labute approximate surface area is 129 Å². The van der Waals surface area contributed by atoms with Crippen molar-refractivity contribution in [1.29, 1.82) is 0 Å². The molecule has 0 atom stereocenters. The Kier molecular flexibility index (Phi) is 4.78. The number of nitrogens with zero attached hydrogens (tertiary/aromatic N) is 1. The van der Waals surface area contributed by atoms with Crippen LogP contribution in [0.1, 0.15) is 21.5 Å². The van der Waals surface area contributed by atoms with Crippen LogP contribution in [0, 0.1) is 5.82 Å². The highest BCUT2D eigenvalue weighted by Crippen LogP contribution is 2.37. The summed E-state index contributed by atoms with van der Waals surface area (Å²) in [6, 6.07) is 8.83. The molecule has 7 heteroatoms. The van der Waals surface area contributed by atoms with Crippen LogP contribution >= 0.6 is 0 Å². The van der Waals surface area contributed by atoms with Crippen LogP contribution in [-0.4, -0.2) is 19.3 Å². The summed E-state index contributed by atoms with van der Waals surface area (Å²) in [6.07, 6.45) is -3.68. The second-order valence-corrected chi connectivity index (χ2v) is 4.50. The summed E-state index contributed by atoms with van der Waals surface area (Å²) in [4.78, 5) is 15.0. The van der Waals surface area contributed by atoms with Crippen LogP contribution in [0.25, 0.3) is 0 Å². The van der Waals surface area contributed by atoms with Crippen molar-refractivity contribution < 1.29 is 27.1 Å². The number of esters is 1. The molecule has 0 saturated heterocycles. The predicted molar refractivity (Wildman–Crippen MR) is 76.4 cm³/mol. The van der Waals surface area contributed by atoms with Crippen molar-refractivity contribution in [2.75, 3.05) is 7.11 Å². The van der Waals surface area contributed by atoms with Gasteiger partial charge in [0.05, 0.1) is 18.4 Å². The van der Waals surface area contributed by atoms with E-state index in [9.17, 15) is 22.4 Å². The molecule has 0 saturated carbocycles. The van der Waals surface area contributed by atoms with Crippen molar-refractivity contribution in [3.8, 4) is 0 Å². The van der Waals surface area contributed by atoms with Crippen LogP contribution in [0.2, 0.25) is 0 Å². The molecular weight excluding hydrogens is 314 g/mol. The molecule has 120 valence electrons. The van der Waals surface area contributed by atoms with Gasteiger partial charge in [0.1, 0.15) is 11.4 Å². The molecule has 0 aromatic heterocycles. The van der Waals surface area contributed by atoms with Gasteiger partial charge in [-0.3, -0.25) is 4.99 Å². The fraction of sp³-hybridized carbons (Fsp3) is 0.125. The molecule has 0 radical (unpaired) electrons. The molecule has 0 aliphatic carbocycles. The van der Waals surface area contributed by atoms with Gasteiger partial charge in [-0.2, -0.15) is 13.2 Å².